The number of rotatable bonds is 6. The normalized spacial score (nSPS) is 16.1. The summed E-state index contributed by atoms with van der Waals surface area (Å²) < 4.78 is 5.29. The summed E-state index contributed by atoms with van der Waals surface area (Å²) >= 11 is 0. The van der Waals surface area contributed by atoms with Crippen molar-refractivity contribution in [1.82, 2.24) is 9.80 Å². The van der Waals surface area contributed by atoms with Crippen LogP contribution in [-0.4, -0.2) is 55.9 Å². The van der Waals surface area contributed by atoms with Gasteiger partial charge in [-0.05, 0) is 36.4 Å². The quantitative estimate of drug-likeness (QED) is 0.591. The first-order valence-corrected chi connectivity index (χ1v) is 9.01. The maximum absolute atomic E-state index is 12.6. The molecule has 3 rings (SSSR count). The van der Waals surface area contributed by atoms with E-state index in [4.69, 9.17) is 4.74 Å². The molecule has 4 nitrogen and oxygen atoms in total. The van der Waals surface area contributed by atoms with Gasteiger partial charge in [0.2, 0.25) is 0 Å². The van der Waals surface area contributed by atoms with Crippen LogP contribution in [0.4, 0.5) is 0 Å². The molecule has 0 atom stereocenters. The lowest BCUT2D eigenvalue weighted by molar-refractivity contribution is 0.104. The molecule has 1 fully saturated rings. The van der Waals surface area contributed by atoms with Gasteiger partial charge in [-0.15, -0.1) is 0 Å². The third-order valence-electron chi connectivity index (χ3n) is 4.83. The van der Waals surface area contributed by atoms with Crippen LogP contribution >= 0.6 is 0 Å². The van der Waals surface area contributed by atoms with Gasteiger partial charge in [0.15, 0.2) is 5.78 Å². The molecular weight excluding hydrogens is 324 g/mol. The summed E-state index contributed by atoms with van der Waals surface area (Å²) in [5.41, 5.74) is 2.93. The first-order valence-electron chi connectivity index (χ1n) is 9.01. The monoisotopic (exact) mass is 350 g/mol. The maximum atomic E-state index is 12.6. The van der Waals surface area contributed by atoms with Gasteiger partial charge in [0.25, 0.3) is 0 Å². The molecule has 0 amide bonds. The first kappa shape index (κ1) is 18.4. The van der Waals surface area contributed by atoms with Gasteiger partial charge in [0.1, 0.15) is 5.75 Å². The Morgan fingerprint density at radius 2 is 1.73 bits per heavy atom. The first-order chi connectivity index (χ1) is 12.7. The van der Waals surface area contributed by atoms with E-state index >= 15 is 0 Å². The molecule has 1 heterocycles. The lowest BCUT2D eigenvalue weighted by atomic mass is 10.0. The van der Waals surface area contributed by atoms with Crippen molar-refractivity contribution in [3.8, 4) is 5.75 Å². The minimum absolute atomic E-state index is 0.0446. The second-order valence-electron chi connectivity index (χ2n) is 6.68. The summed E-state index contributed by atoms with van der Waals surface area (Å²) in [5, 5.41) is 0. The van der Waals surface area contributed by atoms with Crippen LogP contribution in [0.25, 0.3) is 6.08 Å². The van der Waals surface area contributed by atoms with Gasteiger partial charge in [-0.1, -0.05) is 42.5 Å². The van der Waals surface area contributed by atoms with E-state index in [1.165, 1.54) is 5.56 Å². The summed E-state index contributed by atoms with van der Waals surface area (Å²) in [4.78, 5) is 17.4. The highest BCUT2D eigenvalue weighted by atomic mass is 16.5. The van der Waals surface area contributed by atoms with Crippen LogP contribution in [0.1, 0.15) is 21.5 Å². The number of hydrogen-bond donors (Lipinski definition) is 0. The van der Waals surface area contributed by atoms with Crippen molar-refractivity contribution < 1.29 is 9.53 Å². The van der Waals surface area contributed by atoms with E-state index in [2.05, 4.69) is 35.0 Å². The van der Waals surface area contributed by atoms with Crippen LogP contribution in [0.3, 0.4) is 0 Å². The molecule has 0 bridgehead atoms. The summed E-state index contributed by atoms with van der Waals surface area (Å²) in [6.07, 6.45) is 3.56. The minimum atomic E-state index is -0.0446. The van der Waals surface area contributed by atoms with Crippen LogP contribution in [0.5, 0.6) is 5.75 Å². The number of benzene rings is 2. The summed E-state index contributed by atoms with van der Waals surface area (Å²) in [5.74, 6) is 0.560. The molecule has 26 heavy (non-hydrogen) atoms. The molecule has 0 spiro atoms. The number of hydrogen-bond acceptors (Lipinski definition) is 4. The van der Waals surface area contributed by atoms with Gasteiger partial charge in [0.05, 0.1) is 12.7 Å². The number of nitrogens with zero attached hydrogens (tertiary/aromatic N) is 2. The molecule has 0 aromatic heterocycles. The van der Waals surface area contributed by atoms with Crippen LogP contribution in [0, 0.1) is 0 Å². The highest BCUT2D eigenvalue weighted by molar-refractivity contribution is 6.08. The maximum Gasteiger partial charge on any atom is 0.189 e. The summed E-state index contributed by atoms with van der Waals surface area (Å²) in [7, 11) is 3.75. The van der Waals surface area contributed by atoms with Crippen LogP contribution in [-0.2, 0) is 6.54 Å². The van der Waals surface area contributed by atoms with E-state index in [1.807, 2.05) is 30.3 Å². The third kappa shape index (κ3) is 4.59. The average molecular weight is 350 g/mol. The summed E-state index contributed by atoms with van der Waals surface area (Å²) in [6.45, 7) is 5.27. The minimum Gasteiger partial charge on any atom is -0.496 e. The van der Waals surface area contributed by atoms with Gasteiger partial charge < -0.3 is 9.64 Å². The molecule has 0 aliphatic carbocycles. The SMILES string of the molecule is COc1ccccc1C(=O)C=Cc1ccccc1CN1CCN(C)CC1. The molecule has 1 aliphatic heterocycles. The number of allylic oxidation sites excluding steroid dienone is 1. The van der Waals surface area contributed by atoms with Gasteiger partial charge in [0, 0.05) is 32.7 Å². The number of carbonyl (C=O) groups is 1. The molecule has 136 valence electrons. The number of ether oxygens (including phenoxy) is 1. The Morgan fingerprint density at radius 3 is 2.50 bits per heavy atom. The molecule has 0 radical (unpaired) electrons. The predicted molar refractivity (Wildman–Crippen MR) is 106 cm³/mol. The second-order valence-corrected chi connectivity index (χ2v) is 6.68. The fourth-order valence-corrected chi connectivity index (χ4v) is 3.19. The van der Waals surface area contributed by atoms with Gasteiger partial charge >= 0.3 is 0 Å². The lowest BCUT2D eigenvalue weighted by Crippen LogP contribution is -2.43. The van der Waals surface area contributed by atoms with E-state index < -0.39 is 0 Å². The zero-order valence-corrected chi connectivity index (χ0v) is 15.5. The molecule has 2 aromatic carbocycles. The number of ketones is 1. The van der Waals surface area contributed by atoms with Crippen molar-refractivity contribution in [3.63, 3.8) is 0 Å². The third-order valence-corrected chi connectivity index (χ3v) is 4.83. The van der Waals surface area contributed by atoms with Gasteiger partial charge in [-0.25, -0.2) is 0 Å². The molecule has 4 heteroatoms. The van der Waals surface area contributed by atoms with Crippen molar-refractivity contribution >= 4 is 11.9 Å². The predicted octanol–water partition coefficient (Wildman–Crippen LogP) is 3.34. The highest BCUT2D eigenvalue weighted by Crippen LogP contribution is 2.20. The molecule has 0 unspecified atom stereocenters. The Kier molecular flexibility index (Phi) is 6.21. The molecule has 2 aromatic rings. The van der Waals surface area contributed by atoms with E-state index in [9.17, 15) is 4.79 Å². The molecule has 0 N–H and O–H groups in total. The Balaban J connectivity index is 1.73. The highest BCUT2D eigenvalue weighted by Gasteiger charge is 2.15. The van der Waals surface area contributed by atoms with Crippen LogP contribution in [0.15, 0.2) is 54.6 Å². The van der Waals surface area contributed by atoms with Crippen LogP contribution in [0.2, 0.25) is 0 Å². The Labute approximate surface area is 155 Å². The Hall–Kier alpha value is -2.43. The topological polar surface area (TPSA) is 32.8 Å². The summed E-state index contributed by atoms with van der Waals surface area (Å²) in [6, 6.07) is 15.6. The van der Waals surface area contributed by atoms with Crippen molar-refractivity contribution in [2.24, 2.45) is 0 Å². The Bertz CT molecular complexity index is 777. The largest absolute Gasteiger partial charge is 0.496 e. The number of piperazine rings is 1. The number of para-hydroxylation sites is 1. The van der Waals surface area contributed by atoms with Crippen molar-refractivity contribution in [2.75, 3.05) is 40.3 Å². The van der Waals surface area contributed by atoms with Crippen molar-refractivity contribution in [2.45, 2.75) is 6.54 Å². The Morgan fingerprint density at radius 1 is 1.04 bits per heavy atom. The van der Waals surface area contributed by atoms with Crippen LogP contribution < -0.4 is 4.74 Å². The van der Waals surface area contributed by atoms with Crippen molar-refractivity contribution in [3.05, 3.63) is 71.3 Å². The molecule has 1 aliphatic rings. The number of carbonyl (C=O) groups excluding carboxylic acids is 1. The zero-order chi connectivity index (χ0) is 18.4. The fraction of sp³-hybridized carbons (Fsp3) is 0.318. The fourth-order valence-electron chi connectivity index (χ4n) is 3.19. The zero-order valence-electron chi connectivity index (χ0n) is 15.5. The molecule has 1 saturated heterocycles. The van der Waals surface area contributed by atoms with Crippen molar-refractivity contribution in [1.29, 1.82) is 0 Å². The average Bonchev–Trinajstić information content (AvgIpc) is 2.68. The van der Waals surface area contributed by atoms with E-state index in [-0.39, 0.29) is 5.78 Å². The molecule has 0 saturated carbocycles. The number of likely N-dealkylation sites (N-methyl/N-ethyl adjacent to an activating group) is 1. The van der Waals surface area contributed by atoms with E-state index in [1.54, 1.807) is 19.3 Å². The molecular formula is C22H26N2O2. The smallest absolute Gasteiger partial charge is 0.189 e. The van der Waals surface area contributed by atoms with Gasteiger partial charge in [-0.2, -0.15) is 0 Å². The van der Waals surface area contributed by atoms with Gasteiger partial charge in [-0.3, -0.25) is 9.69 Å². The second kappa shape index (κ2) is 8.79. The lowest BCUT2D eigenvalue weighted by Gasteiger charge is -2.32. The van der Waals surface area contributed by atoms with E-state index in [0.717, 1.165) is 38.3 Å². The van der Waals surface area contributed by atoms with E-state index in [0.29, 0.717) is 11.3 Å². The standard InChI is InChI=1S/C22H26N2O2/c1-23-13-15-24(16-14-23)17-19-8-4-3-7-18(19)11-12-21(25)20-9-5-6-10-22(20)26-2/h3-12H,13-17H2,1-2H3. The number of methoxy groups -OCH3 is 1.